The molecule has 7 nitrogen and oxygen atoms in total. The number of hydrogen-bond donors (Lipinski definition) is 2. The van der Waals surface area contributed by atoms with Crippen LogP contribution >= 0.6 is 11.3 Å². The summed E-state index contributed by atoms with van der Waals surface area (Å²) >= 11 is 1.34. The molecular weight excluding hydrogens is 402 g/mol. The van der Waals surface area contributed by atoms with Gasteiger partial charge in [0.2, 0.25) is 0 Å². The third-order valence-corrected chi connectivity index (χ3v) is 4.96. The Morgan fingerprint density at radius 1 is 1.10 bits per heavy atom. The summed E-state index contributed by atoms with van der Waals surface area (Å²) in [6.07, 6.45) is 1.50. The number of carbonyl (C=O) groups excluding carboxylic acids is 2. The van der Waals surface area contributed by atoms with Crippen LogP contribution in [0.2, 0.25) is 0 Å². The molecule has 1 heterocycles. The number of benzene rings is 2. The van der Waals surface area contributed by atoms with Gasteiger partial charge in [0.1, 0.15) is 0 Å². The molecule has 2 aromatic carbocycles. The van der Waals surface area contributed by atoms with Gasteiger partial charge in [-0.2, -0.15) is 5.10 Å². The lowest BCUT2D eigenvalue weighted by atomic mass is 10.2. The van der Waals surface area contributed by atoms with Crippen LogP contribution in [0.1, 0.15) is 20.8 Å². The summed E-state index contributed by atoms with van der Waals surface area (Å²) in [4.78, 5) is 24.6. The van der Waals surface area contributed by atoms with E-state index < -0.39 is 0 Å². The monoisotopic (exact) mass is 423 g/mol. The van der Waals surface area contributed by atoms with Crippen molar-refractivity contribution < 1.29 is 19.1 Å². The number of hydrazone groups is 1. The molecule has 0 unspecified atom stereocenters. The predicted molar refractivity (Wildman–Crippen MR) is 118 cm³/mol. The molecule has 2 amide bonds. The minimum atomic E-state index is -0.271. The van der Waals surface area contributed by atoms with E-state index in [0.717, 1.165) is 11.3 Å². The molecule has 0 saturated carbocycles. The Balaban J connectivity index is 1.57. The van der Waals surface area contributed by atoms with Crippen molar-refractivity contribution in [2.45, 2.75) is 6.92 Å². The molecule has 154 valence electrons. The zero-order chi connectivity index (χ0) is 21.3. The number of rotatable bonds is 8. The number of nitrogens with zero attached hydrogens (tertiary/aromatic N) is 1. The van der Waals surface area contributed by atoms with Gasteiger partial charge in [0.25, 0.3) is 11.8 Å². The first-order chi connectivity index (χ1) is 14.6. The molecule has 0 aliphatic rings. The molecule has 3 rings (SSSR count). The molecule has 0 fully saturated rings. The highest BCUT2D eigenvalue weighted by Crippen LogP contribution is 2.27. The average Bonchev–Trinajstić information content (AvgIpc) is 3.29. The van der Waals surface area contributed by atoms with E-state index >= 15 is 0 Å². The van der Waals surface area contributed by atoms with Gasteiger partial charge in [-0.3, -0.25) is 9.59 Å². The Morgan fingerprint density at radius 3 is 2.67 bits per heavy atom. The number of hydrogen-bond acceptors (Lipinski definition) is 6. The van der Waals surface area contributed by atoms with E-state index in [2.05, 4.69) is 15.8 Å². The first-order valence-electron chi connectivity index (χ1n) is 9.10. The molecule has 0 bridgehead atoms. The van der Waals surface area contributed by atoms with Crippen molar-refractivity contribution in [1.82, 2.24) is 5.43 Å². The Labute approximate surface area is 178 Å². The quantitative estimate of drug-likeness (QED) is 0.425. The number of nitrogens with one attached hydrogen (secondary N) is 2. The Bertz CT molecular complexity index is 1050. The number of amides is 2. The SMILES string of the molecule is COc1cc(/C=N/NC(=O)c2cccs2)ccc1OCC(=O)Nc1ccccc1C. The predicted octanol–water partition coefficient (Wildman–Crippen LogP) is 3.85. The summed E-state index contributed by atoms with van der Waals surface area (Å²) < 4.78 is 10.9. The summed E-state index contributed by atoms with van der Waals surface area (Å²) in [6.45, 7) is 1.76. The first-order valence-corrected chi connectivity index (χ1v) is 9.98. The Kier molecular flexibility index (Phi) is 7.18. The number of methoxy groups -OCH3 is 1. The van der Waals surface area contributed by atoms with Gasteiger partial charge >= 0.3 is 0 Å². The fourth-order valence-electron chi connectivity index (χ4n) is 2.55. The number of ether oxygens (including phenoxy) is 2. The van der Waals surface area contributed by atoms with Crippen molar-refractivity contribution in [3.05, 3.63) is 76.0 Å². The van der Waals surface area contributed by atoms with Gasteiger partial charge in [-0.1, -0.05) is 24.3 Å². The Morgan fingerprint density at radius 2 is 1.93 bits per heavy atom. The van der Waals surface area contributed by atoms with Gasteiger partial charge < -0.3 is 14.8 Å². The molecule has 30 heavy (non-hydrogen) atoms. The maximum absolute atomic E-state index is 12.2. The third kappa shape index (κ3) is 5.68. The van der Waals surface area contributed by atoms with Gasteiger partial charge in [-0.25, -0.2) is 5.43 Å². The standard InChI is InChI=1S/C22H21N3O4S/c1-15-6-3-4-7-17(15)24-21(26)14-29-18-10-9-16(12-19(18)28-2)13-23-25-22(27)20-8-5-11-30-20/h3-13H,14H2,1-2H3,(H,24,26)(H,25,27)/b23-13+. The highest BCUT2D eigenvalue weighted by atomic mass is 32.1. The van der Waals surface area contributed by atoms with Gasteiger partial charge in [0, 0.05) is 5.69 Å². The third-order valence-electron chi connectivity index (χ3n) is 4.09. The molecule has 0 spiro atoms. The smallest absolute Gasteiger partial charge is 0.281 e. The summed E-state index contributed by atoms with van der Waals surface area (Å²) in [7, 11) is 1.51. The molecular formula is C22H21N3O4S. The van der Waals surface area contributed by atoms with Crippen molar-refractivity contribution in [2.24, 2.45) is 5.10 Å². The van der Waals surface area contributed by atoms with Crippen molar-refractivity contribution in [1.29, 1.82) is 0 Å². The van der Waals surface area contributed by atoms with Gasteiger partial charge in [0.05, 0.1) is 18.2 Å². The van der Waals surface area contributed by atoms with E-state index in [0.29, 0.717) is 21.9 Å². The summed E-state index contributed by atoms with van der Waals surface area (Å²) in [5.74, 6) is 0.338. The van der Waals surface area contributed by atoms with Crippen molar-refractivity contribution in [3.8, 4) is 11.5 Å². The van der Waals surface area contributed by atoms with E-state index in [-0.39, 0.29) is 18.4 Å². The molecule has 0 saturated heterocycles. The van der Waals surface area contributed by atoms with E-state index in [1.807, 2.05) is 36.6 Å². The van der Waals surface area contributed by atoms with Crippen LogP contribution in [0.5, 0.6) is 11.5 Å². The molecule has 3 aromatic rings. The van der Waals surface area contributed by atoms with Crippen LogP contribution in [-0.4, -0.2) is 31.7 Å². The lowest BCUT2D eigenvalue weighted by molar-refractivity contribution is -0.118. The minimum Gasteiger partial charge on any atom is -0.493 e. The van der Waals surface area contributed by atoms with Crippen LogP contribution in [0.25, 0.3) is 0 Å². The molecule has 1 aromatic heterocycles. The fraction of sp³-hybridized carbons (Fsp3) is 0.136. The van der Waals surface area contributed by atoms with Gasteiger partial charge in [-0.05, 0) is 53.8 Å². The lowest BCUT2D eigenvalue weighted by Gasteiger charge is -2.12. The molecule has 0 aliphatic heterocycles. The maximum Gasteiger partial charge on any atom is 0.281 e. The summed E-state index contributed by atoms with van der Waals surface area (Å²) in [5.41, 5.74) is 4.89. The van der Waals surface area contributed by atoms with Crippen LogP contribution in [-0.2, 0) is 4.79 Å². The molecule has 8 heteroatoms. The highest BCUT2D eigenvalue weighted by Gasteiger charge is 2.10. The first kappa shape index (κ1) is 21.1. The topological polar surface area (TPSA) is 89.0 Å². The van der Waals surface area contributed by atoms with Crippen LogP contribution in [0.4, 0.5) is 5.69 Å². The minimum absolute atomic E-state index is 0.158. The second-order valence-electron chi connectivity index (χ2n) is 6.24. The zero-order valence-corrected chi connectivity index (χ0v) is 17.4. The summed E-state index contributed by atoms with van der Waals surface area (Å²) in [6, 6.07) is 16.2. The summed E-state index contributed by atoms with van der Waals surface area (Å²) in [5, 5.41) is 8.59. The molecule has 0 aliphatic carbocycles. The number of carbonyl (C=O) groups is 2. The van der Waals surface area contributed by atoms with E-state index in [9.17, 15) is 9.59 Å². The zero-order valence-electron chi connectivity index (χ0n) is 16.5. The van der Waals surface area contributed by atoms with Crippen LogP contribution < -0.4 is 20.2 Å². The van der Waals surface area contributed by atoms with Crippen molar-refractivity contribution >= 4 is 35.1 Å². The Hall–Kier alpha value is -3.65. The lowest BCUT2D eigenvalue weighted by Crippen LogP contribution is -2.20. The fourth-order valence-corrected chi connectivity index (χ4v) is 3.17. The molecule has 0 radical (unpaired) electrons. The van der Waals surface area contributed by atoms with Gasteiger partial charge in [0.15, 0.2) is 18.1 Å². The maximum atomic E-state index is 12.2. The van der Waals surface area contributed by atoms with Crippen LogP contribution in [0.15, 0.2) is 65.1 Å². The number of thiophene rings is 1. The molecule has 2 N–H and O–H groups in total. The largest absolute Gasteiger partial charge is 0.493 e. The normalized spacial score (nSPS) is 10.6. The van der Waals surface area contributed by atoms with Crippen molar-refractivity contribution in [3.63, 3.8) is 0 Å². The van der Waals surface area contributed by atoms with Gasteiger partial charge in [-0.15, -0.1) is 11.3 Å². The highest BCUT2D eigenvalue weighted by molar-refractivity contribution is 7.12. The van der Waals surface area contributed by atoms with Crippen LogP contribution in [0, 0.1) is 6.92 Å². The van der Waals surface area contributed by atoms with E-state index in [1.165, 1.54) is 24.7 Å². The van der Waals surface area contributed by atoms with E-state index in [4.69, 9.17) is 9.47 Å². The number of aryl methyl sites for hydroxylation is 1. The van der Waals surface area contributed by atoms with Crippen molar-refractivity contribution in [2.75, 3.05) is 19.0 Å². The number of para-hydroxylation sites is 1. The second kappa shape index (κ2) is 10.2. The average molecular weight is 423 g/mol. The van der Waals surface area contributed by atoms with E-state index in [1.54, 1.807) is 30.3 Å². The second-order valence-corrected chi connectivity index (χ2v) is 7.19. The number of anilines is 1. The van der Waals surface area contributed by atoms with Crippen LogP contribution in [0.3, 0.4) is 0 Å². The molecule has 0 atom stereocenters.